The van der Waals surface area contributed by atoms with Gasteiger partial charge in [0.05, 0.1) is 11.3 Å². The molecular weight excluding hydrogens is 296 g/mol. The van der Waals surface area contributed by atoms with Crippen LogP contribution in [0.15, 0.2) is 48.5 Å². The lowest BCUT2D eigenvalue weighted by molar-refractivity contribution is 0.0698. The minimum atomic E-state index is -1.12. The molecule has 0 saturated carbocycles. The average molecular weight is 314 g/mol. The summed E-state index contributed by atoms with van der Waals surface area (Å²) in [6.45, 7) is 0.114. The summed E-state index contributed by atoms with van der Waals surface area (Å²) in [5.41, 5.74) is 1.82. The number of nitrogens with zero attached hydrogens (tertiary/aromatic N) is 1. The van der Waals surface area contributed by atoms with Gasteiger partial charge in [-0.3, -0.25) is 5.32 Å². The smallest absolute Gasteiger partial charge is 0.411 e. The van der Waals surface area contributed by atoms with Crippen molar-refractivity contribution in [3.05, 3.63) is 59.7 Å². The van der Waals surface area contributed by atoms with E-state index in [-0.39, 0.29) is 17.9 Å². The number of amides is 1. The number of rotatable bonds is 5. The Balaban J connectivity index is 2.09. The second-order valence-corrected chi connectivity index (χ2v) is 5.12. The van der Waals surface area contributed by atoms with Gasteiger partial charge in [-0.2, -0.15) is 0 Å². The molecule has 2 N–H and O–H groups in total. The van der Waals surface area contributed by atoms with E-state index in [0.717, 1.165) is 11.3 Å². The van der Waals surface area contributed by atoms with Crippen molar-refractivity contribution < 1.29 is 19.4 Å². The maximum atomic E-state index is 11.9. The molecule has 2 aromatic rings. The standard InChI is InChI=1S/C17H18N2O4/c1-19(2)13-8-9-14(16(20)21)15(10-13)18-17(22)23-11-12-6-4-3-5-7-12/h3-10H,11H2,1-2H3,(H,18,22)(H,20,21). The van der Waals surface area contributed by atoms with Gasteiger partial charge < -0.3 is 14.7 Å². The Morgan fingerprint density at radius 2 is 1.83 bits per heavy atom. The Bertz CT molecular complexity index is 699. The van der Waals surface area contributed by atoms with Crippen LogP contribution in [0.2, 0.25) is 0 Å². The van der Waals surface area contributed by atoms with Crippen LogP contribution >= 0.6 is 0 Å². The van der Waals surface area contributed by atoms with Crippen molar-refractivity contribution in [2.45, 2.75) is 6.61 Å². The summed E-state index contributed by atoms with van der Waals surface area (Å²) < 4.78 is 5.11. The highest BCUT2D eigenvalue weighted by atomic mass is 16.5. The maximum Gasteiger partial charge on any atom is 0.411 e. The van der Waals surface area contributed by atoms with Crippen molar-refractivity contribution in [2.24, 2.45) is 0 Å². The molecule has 0 spiro atoms. The number of hydrogen-bond donors (Lipinski definition) is 2. The van der Waals surface area contributed by atoms with E-state index in [1.807, 2.05) is 49.3 Å². The Hall–Kier alpha value is -3.02. The van der Waals surface area contributed by atoms with Gasteiger partial charge in [0.15, 0.2) is 0 Å². The molecule has 0 aliphatic rings. The topological polar surface area (TPSA) is 78.9 Å². The fraction of sp³-hybridized carbons (Fsp3) is 0.176. The van der Waals surface area contributed by atoms with Crippen LogP contribution in [-0.4, -0.2) is 31.3 Å². The molecule has 0 saturated heterocycles. The number of hydrogen-bond acceptors (Lipinski definition) is 4. The number of anilines is 2. The SMILES string of the molecule is CN(C)c1ccc(C(=O)O)c(NC(=O)OCc2ccccc2)c1. The molecule has 0 aliphatic carbocycles. The van der Waals surface area contributed by atoms with Crippen molar-refractivity contribution in [3.8, 4) is 0 Å². The number of carboxylic acids is 1. The van der Waals surface area contributed by atoms with E-state index < -0.39 is 12.1 Å². The third-order valence-corrected chi connectivity index (χ3v) is 3.20. The molecule has 0 atom stereocenters. The van der Waals surface area contributed by atoms with Crippen molar-refractivity contribution in [3.63, 3.8) is 0 Å². The zero-order valence-electron chi connectivity index (χ0n) is 12.9. The lowest BCUT2D eigenvalue weighted by Crippen LogP contribution is -2.17. The summed E-state index contributed by atoms with van der Waals surface area (Å²) in [6, 6.07) is 13.9. The number of carbonyl (C=O) groups is 2. The number of nitrogens with one attached hydrogen (secondary N) is 1. The summed E-state index contributed by atoms with van der Waals surface area (Å²) in [4.78, 5) is 25.0. The van der Waals surface area contributed by atoms with Gasteiger partial charge in [-0.05, 0) is 23.8 Å². The van der Waals surface area contributed by atoms with Crippen molar-refractivity contribution in [2.75, 3.05) is 24.3 Å². The van der Waals surface area contributed by atoms with Gasteiger partial charge in [-0.25, -0.2) is 9.59 Å². The van der Waals surface area contributed by atoms with E-state index in [2.05, 4.69) is 5.32 Å². The highest BCUT2D eigenvalue weighted by Crippen LogP contribution is 2.23. The van der Waals surface area contributed by atoms with Gasteiger partial charge in [-0.15, -0.1) is 0 Å². The van der Waals surface area contributed by atoms with E-state index in [4.69, 9.17) is 4.74 Å². The fourth-order valence-corrected chi connectivity index (χ4v) is 1.97. The van der Waals surface area contributed by atoms with Crippen molar-refractivity contribution in [1.29, 1.82) is 0 Å². The first-order valence-corrected chi connectivity index (χ1v) is 6.99. The number of aromatic carboxylic acids is 1. The summed E-state index contributed by atoms with van der Waals surface area (Å²) >= 11 is 0. The molecule has 120 valence electrons. The lowest BCUT2D eigenvalue weighted by atomic mass is 10.1. The minimum Gasteiger partial charge on any atom is -0.478 e. The monoisotopic (exact) mass is 314 g/mol. The van der Waals surface area contributed by atoms with Crippen LogP contribution in [0, 0.1) is 0 Å². The normalized spacial score (nSPS) is 10.0. The largest absolute Gasteiger partial charge is 0.478 e. The van der Waals surface area contributed by atoms with Gasteiger partial charge in [-0.1, -0.05) is 30.3 Å². The number of ether oxygens (including phenoxy) is 1. The van der Waals surface area contributed by atoms with Crippen LogP contribution < -0.4 is 10.2 Å². The molecule has 0 aromatic heterocycles. The molecule has 1 amide bonds. The molecule has 0 heterocycles. The van der Waals surface area contributed by atoms with Crippen LogP contribution in [0.25, 0.3) is 0 Å². The molecule has 6 heteroatoms. The van der Waals surface area contributed by atoms with Crippen LogP contribution in [-0.2, 0) is 11.3 Å². The molecule has 0 radical (unpaired) electrons. The van der Waals surface area contributed by atoms with Crippen molar-refractivity contribution in [1.82, 2.24) is 0 Å². The van der Waals surface area contributed by atoms with Crippen molar-refractivity contribution >= 4 is 23.4 Å². The van der Waals surface area contributed by atoms with Gasteiger partial charge in [0.2, 0.25) is 0 Å². The summed E-state index contributed by atoms with van der Waals surface area (Å²) in [7, 11) is 3.65. The van der Waals surface area contributed by atoms with E-state index in [9.17, 15) is 14.7 Å². The Morgan fingerprint density at radius 1 is 1.13 bits per heavy atom. The Morgan fingerprint density at radius 3 is 2.43 bits per heavy atom. The second kappa shape index (κ2) is 7.31. The third kappa shape index (κ3) is 4.47. The summed E-state index contributed by atoms with van der Waals surface area (Å²) in [5, 5.41) is 11.7. The zero-order chi connectivity index (χ0) is 16.8. The molecule has 6 nitrogen and oxygen atoms in total. The number of carbonyl (C=O) groups excluding carboxylic acids is 1. The molecule has 2 rings (SSSR count). The lowest BCUT2D eigenvalue weighted by Gasteiger charge is -2.16. The van der Waals surface area contributed by atoms with Crippen LogP contribution in [0.4, 0.5) is 16.2 Å². The Labute approximate surface area is 134 Å². The van der Waals surface area contributed by atoms with Gasteiger partial charge in [0, 0.05) is 19.8 Å². The maximum absolute atomic E-state index is 11.9. The first kappa shape index (κ1) is 16.4. The highest BCUT2D eigenvalue weighted by molar-refractivity contribution is 5.99. The predicted octanol–water partition coefficient (Wildman–Crippen LogP) is 3.20. The van der Waals surface area contributed by atoms with E-state index in [1.54, 1.807) is 12.1 Å². The first-order chi connectivity index (χ1) is 11.0. The molecule has 0 unspecified atom stereocenters. The second-order valence-electron chi connectivity index (χ2n) is 5.12. The molecule has 23 heavy (non-hydrogen) atoms. The summed E-state index contributed by atoms with van der Waals surface area (Å²) in [5.74, 6) is -1.12. The highest BCUT2D eigenvalue weighted by Gasteiger charge is 2.14. The molecule has 0 fully saturated rings. The van der Waals surface area contributed by atoms with Crippen LogP contribution in [0.3, 0.4) is 0 Å². The van der Waals surface area contributed by atoms with E-state index in [1.165, 1.54) is 6.07 Å². The number of carboxylic acid groups (broad SMARTS) is 1. The van der Waals surface area contributed by atoms with Gasteiger partial charge in [0.1, 0.15) is 6.61 Å². The predicted molar refractivity (Wildman–Crippen MR) is 88.0 cm³/mol. The Kier molecular flexibility index (Phi) is 5.19. The van der Waals surface area contributed by atoms with E-state index in [0.29, 0.717) is 0 Å². The van der Waals surface area contributed by atoms with Crippen LogP contribution in [0.1, 0.15) is 15.9 Å². The fourth-order valence-electron chi connectivity index (χ4n) is 1.97. The van der Waals surface area contributed by atoms with Gasteiger partial charge >= 0.3 is 12.1 Å². The van der Waals surface area contributed by atoms with E-state index >= 15 is 0 Å². The minimum absolute atomic E-state index is 0.00672. The third-order valence-electron chi connectivity index (χ3n) is 3.20. The first-order valence-electron chi connectivity index (χ1n) is 6.99. The molecule has 0 bridgehead atoms. The number of benzene rings is 2. The molecule has 0 aliphatic heterocycles. The molecule has 2 aromatic carbocycles. The zero-order valence-corrected chi connectivity index (χ0v) is 12.9. The van der Waals surface area contributed by atoms with Crippen LogP contribution in [0.5, 0.6) is 0 Å². The van der Waals surface area contributed by atoms with Gasteiger partial charge in [0.25, 0.3) is 0 Å². The molecular formula is C17H18N2O4. The summed E-state index contributed by atoms with van der Waals surface area (Å²) in [6.07, 6.45) is -0.702. The average Bonchev–Trinajstić information content (AvgIpc) is 2.53. The quantitative estimate of drug-likeness (QED) is 0.886.